The second-order valence-electron chi connectivity index (χ2n) is 9.05. The number of nitrogens with zero attached hydrogens (tertiary/aromatic N) is 3. The van der Waals surface area contributed by atoms with E-state index < -0.39 is 23.4 Å². The molecule has 0 aliphatic carbocycles. The van der Waals surface area contributed by atoms with Crippen LogP contribution < -0.4 is 21.3 Å². The van der Waals surface area contributed by atoms with E-state index in [9.17, 15) is 19.5 Å². The second kappa shape index (κ2) is 12.3. The third-order valence-corrected chi connectivity index (χ3v) is 5.26. The minimum Gasteiger partial charge on any atom is -0.496 e. The van der Waals surface area contributed by atoms with Gasteiger partial charge >= 0.3 is 5.69 Å². The van der Waals surface area contributed by atoms with Gasteiger partial charge in [-0.25, -0.2) is 4.79 Å². The van der Waals surface area contributed by atoms with Crippen LogP contribution in [-0.2, 0) is 22.7 Å². The molecule has 0 radical (unpaired) electrons. The minimum atomic E-state index is -1.08. The van der Waals surface area contributed by atoms with Gasteiger partial charge in [-0.3, -0.25) is 18.7 Å². The Balaban J connectivity index is 2.54. The predicted molar refractivity (Wildman–Crippen MR) is 134 cm³/mol. The van der Waals surface area contributed by atoms with Gasteiger partial charge in [0.15, 0.2) is 0 Å². The summed E-state index contributed by atoms with van der Waals surface area (Å²) in [7, 11) is 1.50. The van der Waals surface area contributed by atoms with Crippen molar-refractivity contribution in [1.29, 1.82) is 0 Å². The molecule has 2 aromatic rings. The van der Waals surface area contributed by atoms with Crippen LogP contribution in [0.15, 0.2) is 45.2 Å². The molecular weight excluding hydrogens is 452 g/mol. The fourth-order valence-corrected chi connectivity index (χ4v) is 3.38. The molecule has 2 N–H and O–H groups in total. The summed E-state index contributed by atoms with van der Waals surface area (Å²) in [6.45, 7) is 10.3. The van der Waals surface area contributed by atoms with E-state index in [0.717, 1.165) is 4.57 Å². The van der Waals surface area contributed by atoms with Gasteiger partial charge in [-0.1, -0.05) is 37.2 Å². The average molecular weight is 489 g/mol. The molecule has 35 heavy (non-hydrogen) atoms. The third-order valence-electron chi connectivity index (χ3n) is 5.26. The first kappa shape index (κ1) is 27.8. The maximum absolute atomic E-state index is 13.3. The number of amides is 1. The molecule has 192 valence electrons. The van der Waals surface area contributed by atoms with Crippen molar-refractivity contribution < 1.29 is 19.5 Å². The number of ether oxygens (including phenoxy) is 1. The Bertz CT molecular complexity index is 1170. The van der Waals surface area contributed by atoms with Crippen LogP contribution in [0.4, 0.5) is 0 Å². The molecule has 0 fully saturated rings. The summed E-state index contributed by atoms with van der Waals surface area (Å²) in [6, 6.07) is 6.48. The SMILES string of the molecule is COc1ccccc1C(O)Cn1cc(/C(C)=N/OC(C)C)c(=O)n(C[C@H](C)NC(=O)C(C)C)c1=O. The van der Waals surface area contributed by atoms with Crippen LogP contribution in [-0.4, -0.2) is 45.1 Å². The Morgan fingerprint density at radius 3 is 2.37 bits per heavy atom. The van der Waals surface area contributed by atoms with Gasteiger partial charge in [0.25, 0.3) is 5.56 Å². The Morgan fingerprint density at radius 2 is 1.77 bits per heavy atom. The number of benzene rings is 1. The summed E-state index contributed by atoms with van der Waals surface area (Å²) < 4.78 is 7.63. The van der Waals surface area contributed by atoms with Crippen LogP contribution in [0.3, 0.4) is 0 Å². The zero-order chi connectivity index (χ0) is 26.3. The van der Waals surface area contributed by atoms with Gasteiger partial charge in [-0.15, -0.1) is 0 Å². The van der Waals surface area contributed by atoms with E-state index in [0.29, 0.717) is 11.3 Å². The number of hydrogen-bond acceptors (Lipinski definition) is 7. The quantitative estimate of drug-likeness (QED) is 0.369. The number of rotatable bonds is 11. The molecule has 1 aromatic carbocycles. The van der Waals surface area contributed by atoms with Crippen molar-refractivity contribution in [3.63, 3.8) is 0 Å². The number of carbonyl (C=O) groups excluding carboxylic acids is 1. The zero-order valence-corrected chi connectivity index (χ0v) is 21.4. The highest BCUT2D eigenvalue weighted by Gasteiger charge is 2.21. The van der Waals surface area contributed by atoms with E-state index in [1.165, 1.54) is 17.9 Å². The highest BCUT2D eigenvalue weighted by molar-refractivity contribution is 5.97. The molecular formula is C25H36N4O6. The standard InChI is InChI=1S/C25H36N4O6/c1-15(2)23(31)26-17(5)12-29-24(32)20(18(6)27-35-16(3)4)13-28(25(29)33)14-21(30)19-10-8-9-11-22(19)34-7/h8-11,13,15-17,21,30H,12,14H2,1-7H3,(H,26,31)/b27-18+/t17-,21?/m0/s1. The van der Waals surface area contributed by atoms with Crippen LogP contribution in [0.1, 0.15) is 58.8 Å². The number of oxime groups is 1. The first-order valence-corrected chi connectivity index (χ1v) is 11.6. The predicted octanol–water partition coefficient (Wildman–Crippen LogP) is 2.06. The lowest BCUT2D eigenvalue weighted by atomic mass is 10.1. The molecule has 0 aliphatic heterocycles. The monoisotopic (exact) mass is 488 g/mol. The van der Waals surface area contributed by atoms with E-state index >= 15 is 0 Å². The van der Waals surface area contributed by atoms with Crippen molar-refractivity contribution in [2.75, 3.05) is 7.11 Å². The maximum Gasteiger partial charge on any atom is 0.331 e. The number of para-hydroxylation sites is 1. The maximum atomic E-state index is 13.3. The lowest BCUT2D eigenvalue weighted by molar-refractivity contribution is -0.124. The van der Waals surface area contributed by atoms with E-state index in [1.807, 2.05) is 0 Å². The lowest BCUT2D eigenvalue weighted by Crippen LogP contribution is -2.48. The molecule has 2 atom stereocenters. The van der Waals surface area contributed by atoms with Crippen LogP contribution >= 0.6 is 0 Å². The molecule has 10 nitrogen and oxygen atoms in total. The zero-order valence-electron chi connectivity index (χ0n) is 21.4. The number of hydrogen-bond donors (Lipinski definition) is 2. The van der Waals surface area contributed by atoms with Gasteiger partial charge in [-0.05, 0) is 33.8 Å². The van der Waals surface area contributed by atoms with Crippen LogP contribution in [0, 0.1) is 5.92 Å². The largest absolute Gasteiger partial charge is 0.496 e. The first-order chi connectivity index (χ1) is 16.5. The number of aliphatic hydroxyl groups is 1. The van der Waals surface area contributed by atoms with E-state index in [-0.39, 0.29) is 42.3 Å². The number of carbonyl (C=O) groups is 1. The van der Waals surface area contributed by atoms with Crippen molar-refractivity contribution in [1.82, 2.24) is 14.5 Å². The first-order valence-electron chi connectivity index (χ1n) is 11.6. The molecule has 1 aromatic heterocycles. The van der Waals surface area contributed by atoms with Gasteiger partial charge in [-0.2, -0.15) is 0 Å². The van der Waals surface area contributed by atoms with Crippen molar-refractivity contribution >= 4 is 11.6 Å². The van der Waals surface area contributed by atoms with E-state index in [1.54, 1.807) is 65.8 Å². The third kappa shape index (κ3) is 7.29. The van der Waals surface area contributed by atoms with E-state index in [4.69, 9.17) is 9.57 Å². The van der Waals surface area contributed by atoms with Crippen molar-refractivity contribution in [3.8, 4) is 5.75 Å². The number of nitrogens with one attached hydrogen (secondary N) is 1. The van der Waals surface area contributed by atoms with Crippen LogP contribution in [0.2, 0.25) is 0 Å². The molecule has 0 saturated heterocycles. The fourth-order valence-electron chi connectivity index (χ4n) is 3.38. The minimum absolute atomic E-state index is 0.0486. The molecule has 0 saturated carbocycles. The Hall–Kier alpha value is -3.40. The fraction of sp³-hybridized carbons (Fsp3) is 0.520. The van der Waals surface area contributed by atoms with Gasteiger partial charge in [0.2, 0.25) is 5.91 Å². The Labute approximate surface area is 205 Å². The highest BCUT2D eigenvalue weighted by Crippen LogP contribution is 2.25. The van der Waals surface area contributed by atoms with E-state index in [2.05, 4.69) is 10.5 Å². The number of aromatic nitrogens is 2. The topological polar surface area (TPSA) is 124 Å². The summed E-state index contributed by atoms with van der Waals surface area (Å²) >= 11 is 0. The summed E-state index contributed by atoms with van der Waals surface area (Å²) in [5.74, 6) is 0.0575. The molecule has 0 aliphatic rings. The average Bonchev–Trinajstić information content (AvgIpc) is 2.81. The molecule has 2 rings (SSSR count). The van der Waals surface area contributed by atoms with Gasteiger partial charge in [0.1, 0.15) is 18.0 Å². The summed E-state index contributed by atoms with van der Waals surface area (Å²) in [5.41, 5.74) is -0.225. The Morgan fingerprint density at radius 1 is 1.11 bits per heavy atom. The summed E-state index contributed by atoms with van der Waals surface area (Å²) in [6.07, 6.45) is 0.0984. The van der Waals surface area contributed by atoms with Crippen molar-refractivity contribution in [2.45, 2.75) is 72.9 Å². The van der Waals surface area contributed by atoms with Crippen molar-refractivity contribution in [2.24, 2.45) is 11.1 Å². The molecule has 10 heteroatoms. The molecule has 0 spiro atoms. The number of aliphatic hydroxyl groups excluding tert-OH is 1. The van der Waals surface area contributed by atoms with Gasteiger partial charge < -0.3 is 20.0 Å². The molecule has 1 unspecified atom stereocenters. The van der Waals surface area contributed by atoms with Crippen LogP contribution in [0.25, 0.3) is 0 Å². The summed E-state index contributed by atoms with van der Waals surface area (Å²) in [5, 5.41) is 17.7. The Kier molecular flexibility index (Phi) is 9.82. The smallest absolute Gasteiger partial charge is 0.331 e. The van der Waals surface area contributed by atoms with Crippen molar-refractivity contribution in [3.05, 3.63) is 62.4 Å². The van der Waals surface area contributed by atoms with Gasteiger partial charge in [0.05, 0.1) is 31.5 Å². The molecule has 1 heterocycles. The number of methoxy groups -OCH3 is 1. The van der Waals surface area contributed by atoms with Gasteiger partial charge in [0, 0.05) is 23.7 Å². The molecule has 1 amide bonds. The lowest BCUT2D eigenvalue weighted by Gasteiger charge is -2.20. The normalized spacial score (nSPS) is 13.6. The van der Waals surface area contributed by atoms with Crippen LogP contribution in [0.5, 0.6) is 5.75 Å². The highest BCUT2D eigenvalue weighted by atomic mass is 16.6. The summed E-state index contributed by atoms with van der Waals surface area (Å²) in [4.78, 5) is 44.0. The molecule has 0 bridgehead atoms. The second-order valence-corrected chi connectivity index (χ2v) is 9.05.